The summed E-state index contributed by atoms with van der Waals surface area (Å²) in [7, 11) is -3.32. The molecule has 0 saturated carbocycles. The molecule has 0 amide bonds. The van der Waals surface area contributed by atoms with Crippen LogP contribution in [-0.4, -0.2) is 13.4 Å². The first-order valence-corrected chi connectivity index (χ1v) is 8.19. The molecule has 2 rings (SSSR count). The van der Waals surface area contributed by atoms with Crippen molar-refractivity contribution in [3.8, 4) is 0 Å². The lowest BCUT2D eigenvalue weighted by molar-refractivity contribution is 0.580. The van der Waals surface area contributed by atoms with E-state index in [4.69, 9.17) is 0 Å². The van der Waals surface area contributed by atoms with Gasteiger partial charge in [0.05, 0.1) is 5.75 Å². The van der Waals surface area contributed by atoms with Crippen LogP contribution in [0, 0.1) is 20.8 Å². The summed E-state index contributed by atoms with van der Waals surface area (Å²) in [4.78, 5) is 3.17. The molecule has 2 aromatic rings. The predicted molar refractivity (Wildman–Crippen MR) is 80.9 cm³/mol. The fraction of sp³-hybridized carbons (Fsp3) is 0.333. The van der Waals surface area contributed by atoms with Crippen molar-refractivity contribution in [3.05, 3.63) is 58.4 Å². The molecule has 0 radical (unpaired) electrons. The van der Waals surface area contributed by atoms with Crippen LogP contribution >= 0.6 is 0 Å². The van der Waals surface area contributed by atoms with Gasteiger partial charge in [-0.25, -0.2) is 13.1 Å². The number of benzene rings is 1. The number of aryl methyl sites for hydroxylation is 3. The number of aromatic nitrogens is 1. The molecule has 0 bridgehead atoms. The zero-order valence-electron chi connectivity index (χ0n) is 12.0. The van der Waals surface area contributed by atoms with Crippen LogP contribution in [0.25, 0.3) is 0 Å². The lowest BCUT2D eigenvalue weighted by atomic mass is 10.2. The molecular weight excluding hydrogens is 272 g/mol. The smallest absolute Gasteiger partial charge is 0.216 e. The van der Waals surface area contributed by atoms with Gasteiger partial charge < -0.3 is 4.98 Å². The Labute approximate surface area is 120 Å². The fourth-order valence-corrected chi connectivity index (χ4v) is 3.32. The molecule has 1 aromatic carbocycles. The maximum atomic E-state index is 12.1. The molecule has 20 heavy (non-hydrogen) atoms. The minimum Gasteiger partial charge on any atom is -0.362 e. The van der Waals surface area contributed by atoms with Crippen LogP contribution in [0.1, 0.15) is 28.1 Å². The van der Waals surface area contributed by atoms with Gasteiger partial charge in [-0.2, -0.15) is 0 Å². The average Bonchev–Trinajstić information content (AvgIpc) is 2.65. The molecule has 2 N–H and O–H groups in total. The number of rotatable bonds is 5. The fourth-order valence-electron chi connectivity index (χ4n) is 2.23. The molecule has 0 aliphatic carbocycles. The summed E-state index contributed by atoms with van der Waals surface area (Å²) in [5.41, 5.74) is 4.89. The van der Waals surface area contributed by atoms with E-state index in [1.807, 2.05) is 51.1 Å². The quantitative estimate of drug-likeness (QED) is 0.889. The molecule has 0 atom stereocenters. The van der Waals surface area contributed by atoms with Crippen molar-refractivity contribution in [1.29, 1.82) is 0 Å². The first-order chi connectivity index (χ1) is 9.35. The van der Waals surface area contributed by atoms with E-state index in [1.165, 1.54) is 0 Å². The summed E-state index contributed by atoms with van der Waals surface area (Å²) in [5.74, 6) is 0.0110. The molecular formula is C15H20N2O2S. The van der Waals surface area contributed by atoms with Crippen LogP contribution in [0.5, 0.6) is 0 Å². The Morgan fingerprint density at radius 1 is 1.15 bits per heavy atom. The summed E-state index contributed by atoms with van der Waals surface area (Å²) in [5, 5.41) is 0. The Morgan fingerprint density at radius 2 is 1.90 bits per heavy atom. The van der Waals surface area contributed by atoms with Crippen molar-refractivity contribution in [3.63, 3.8) is 0 Å². The summed E-state index contributed by atoms with van der Waals surface area (Å²) in [6, 6.07) is 9.52. The summed E-state index contributed by atoms with van der Waals surface area (Å²) >= 11 is 0. The molecule has 1 aromatic heterocycles. The van der Waals surface area contributed by atoms with E-state index in [0.717, 1.165) is 28.1 Å². The lowest BCUT2D eigenvalue weighted by Crippen LogP contribution is -2.24. The van der Waals surface area contributed by atoms with Crippen LogP contribution in [0.3, 0.4) is 0 Å². The molecule has 1 heterocycles. The zero-order valence-corrected chi connectivity index (χ0v) is 12.8. The van der Waals surface area contributed by atoms with Gasteiger partial charge in [0.1, 0.15) is 0 Å². The Balaban J connectivity index is 2.03. The van der Waals surface area contributed by atoms with Gasteiger partial charge in [-0.3, -0.25) is 0 Å². The van der Waals surface area contributed by atoms with Crippen molar-refractivity contribution < 1.29 is 8.42 Å². The molecule has 0 fully saturated rings. The van der Waals surface area contributed by atoms with Crippen LogP contribution in [0.2, 0.25) is 0 Å². The van der Waals surface area contributed by atoms with Gasteiger partial charge in [0, 0.05) is 17.9 Å². The van der Waals surface area contributed by atoms with Gasteiger partial charge in [-0.05, 0) is 38.0 Å². The zero-order chi connectivity index (χ0) is 14.8. The van der Waals surface area contributed by atoms with E-state index in [0.29, 0.717) is 6.54 Å². The van der Waals surface area contributed by atoms with Gasteiger partial charge in [0.15, 0.2) is 0 Å². The van der Waals surface area contributed by atoms with Crippen molar-refractivity contribution >= 4 is 10.0 Å². The summed E-state index contributed by atoms with van der Waals surface area (Å²) in [6.07, 6.45) is 0. The second-order valence-electron chi connectivity index (χ2n) is 5.17. The van der Waals surface area contributed by atoms with Crippen molar-refractivity contribution in [1.82, 2.24) is 9.71 Å². The number of hydrogen-bond acceptors (Lipinski definition) is 2. The van der Waals surface area contributed by atoms with Gasteiger partial charge >= 0.3 is 0 Å². The number of nitrogens with one attached hydrogen (secondary N) is 2. The molecule has 5 heteroatoms. The topological polar surface area (TPSA) is 62.0 Å². The third kappa shape index (κ3) is 3.95. The van der Waals surface area contributed by atoms with Gasteiger partial charge in [-0.1, -0.05) is 29.8 Å². The first-order valence-electron chi connectivity index (χ1n) is 6.54. The lowest BCUT2D eigenvalue weighted by Gasteiger charge is -2.07. The highest BCUT2D eigenvalue weighted by atomic mass is 32.2. The maximum absolute atomic E-state index is 12.1. The summed E-state index contributed by atoms with van der Waals surface area (Å²) in [6.45, 7) is 6.18. The van der Waals surface area contributed by atoms with Gasteiger partial charge in [0.25, 0.3) is 0 Å². The van der Waals surface area contributed by atoms with Crippen LogP contribution < -0.4 is 4.72 Å². The molecule has 0 aliphatic heterocycles. The summed E-state index contributed by atoms with van der Waals surface area (Å²) < 4.78 is 26.8. The number of H-pyrrole nitrogens is 1. The van der Waals surface area contributed by atoms with E-state index in [-0.39, 0.29) is 5.75 Å². The highest BCUT2D eigenvalue weighted by molar-refractivity contribution is 7.88. The van der Waals surface area contributed by atoms with E-state index >= 15 is 0 Å². The van der Waals surface area contributed by atoms with Gasteiger partial charge in [-0.15, -0.1) is 0 Å². The molecule has 0 aliphatic rings. The van der Waals surface area contributed by atoms with Crippen molar-refractivity contribution in [2.75, 3.05) is 0 Å². The SMILES string of the molecule is Cc1cccc(CS(=O)(=O)NCc2cc(C)[nH]c2C)c1. The van der Waals surface area contributed by atoms with Crippen molar-refractivity contribution in [2.45, 2.75) is 33.1 Å². The van der Waals surface area contributed by atoms with Crippen LogP contribution in [-0.2, 0) is 22.3 Å². The number of aromatic amines is 1. The van der Waals surface area contributed by atoms with Crippen LogP contribution in [0.4, 0.5) is 0 Å². The van der Waals surface area contributed by atoms with E-state index in [2.05, 4.69) is 9.71 Å². The minimum atomic E-state index is -3.32. The second-order valence-corrected chi connectivity index (χ2v) is 6.98. The molecule has 0 unspecified atom stereocenters. The molecule has 4 nitrogen and oxygen atoms in total. The third-order valence-corrected chi connectivity index (χ3v) is 4.48. The second kappa shape index (κ2) is 5.81. The number of sulfonamides is 1. The Morgan fingerprint density at radius 3 is 2.50 bits per heavy atom. The monoisotopic (exact) mass is 292 g/mol. The minimum absolute atomic E-state index is 0.0110. The maximum Gasteiger partial charge on any atom is 0.216 e. The Kier molecular flexibility index (Phi) is 4.30. The predicted octanol–water partition coefficient (Wildman–Crippen LogP) is 2.56. The van der Waals surface area contributed by atoms with E-state index in [9.17, 15) is 8.42 Å². The molecule has 0 spiro atoms. The first kappa shape index (κ1) is 14.8. The highest BCUT2D eigenvalue weighted by Crippen LogP contribution is 2.11. The normalized spacial score (nSPS) is 11.8. The van der Waals surface area contributed by atoms with Crippen LogP contribution in [0.15, 0.2) is 30.3 Å². The van der Waals surface area contributed by atoms with E-state index < -0.39 is 10.0 Å². The van der Waals surface area contributed by atoms with Gasteiger partial charge in [0.2, 0.25) is 10.0 Å². The standard InChI is InChI=1S/C15H20N2O2S/c1-11-5-4-6-14(7-11)10-20(18,19)16-9-15-8-12(2)17-13(15)3/h4-8,16-17H,9-10H2,1-3H3. The van der Waals surface area contributed by atoms with Crippen molar-refractivity contribution in [2.24, 2.45) is 0 Å². The Hall–Kier alpha value is -1.59. The van der Waals surface area contributed by atoms with E-state index in [1.54, 1.807) is 0 Å². The molecule has 108 valence electrons. The Bertz CT molecular complexity index is 702. The molecule has 0 saturated heterocycles. The third-order valence-electron chi connectivity index (χ3n) is 3.18. The highest BCUT2D eigenvalue weighted by Gasteiger charge is 2.12. The largest absolute Gasteiger partial charge is 0.362 e. The average molecular weight is 292 g/mol. The number of hydrogen-bond donors (Lipinski definition) is 2.